The van der Waals surface area contributed by atoms with Crippen LogP contribution in [0.4, 0.5) is 5.69 Å². The van der Waals surface area contributed by atoms with E-state index in [-0.39, 0.29) is 5.78 Å². The molecule has 1 heterocycles. The first-order valence-electron chi connectivity index (χ1n) is 9.36. The van der Waals surface area contributed by atoms with Crippen LogP contribution in [0.2, 0.25) is 0 Å². The molecule has 0 saturated carbocycles. The van der Waals surface area contributed by atoms with Crippen LogP contribution in [0.3, 0.4) is 0 Å². The van der Waals surface area contributed by atoms with Gasteiger partial charge in [0.05, 0.1) is 13.2 Å². The maximum Gasteiger partial charge on any atom is 0.193 e. The number of benzene rings is 3. The summed E-state index contributed by atoms with van der Waals surface area (Å²) >= 11 is 0. The molecule has 4 rings (SSSR count). The molecular formula is C24H23NO2. The van der Waals surface area contributed by atoms with Crippen LogP contribution < -0.4 is 4.90 Å². The summed E-state index contributed by atoms with van der Waals surface area (Å²) in [6.07, 6.45) is 0. The van der Waals surface area contributed by atoms with Crippen molar-refractivity contribution >= 4 is 11.5 Å². The van der Waals surface area contributed by atoms with E-state index in [0.717, 1.165) is 48.6 Å². The van der Waals surface area contributed by atoms with Gasteiger partial charge in [-0.1, -0.05) is 60.7 Å². The molecule has 0 atom stereocenters. The van der Waals surface area contributed by atoms with Gasteiger partial charge in [0.25, 0.3) is 0 Å². The molecule has 0 N–H and O–H groups in total. The number of carbonyl (C=O) groups is 1. The summed E-state index contributed by atoms with van der Waals surface area (Å²) in [7, 11) is 0. The average Bonchev–Trinajstić information content (AvgIpc) is 2.75. The number of carbonyl (C=O) groups excluding carboxylic acids is 1. The first-order chi connectivity index (χ1) is 13.2. The fourth-order valence-corrected chi connectivity index (χ4v) is 3.63. The van der Waals surface area contributed by atoms with Crippen LogP contribution in [0.1, 0.15) is 21.5 Å². The van der Waals surface area contributed by atoms with Gasteiger partial charge in [0.15, 0.2) is 5.78 Å². The Balaban J connectivity index is 1.85. The first kappa shape index (κ1) is 17.5. The minimum Gasteiger partial charge on any atom is -0.378 e. The highest BCUT2D eigenvalue weighted by Gasteiger charge is 2.20. The van der Waals surface area contributed by atoms with Crippen molar-refractivity contribution in [2.45, 2.75) is 6.92 Å². The summed E-state index contributed by atoms with van der Waals surface area (Å²) in [5.74, 6) is 0.0612. The highest BCUT2D eigenvalue weighted by molar-refractivity contribution is 6.13. The number of morpholine rings is 1. The van der Waals surface area contributed by atoms with Crippen molar-refractivity contribution in [3.8, 4) is 11.1 Å². The van der Waals surface area contributed by atoms with Gasteiger partial charge in [-0.05, 0) is 35.7 Å². The zero-order valence-corrected chi connectivity index (χ0v) is 15.5. The fraction of sp³-hybridized carbons (Fsp3) is 0.208. The second kappa shape index (κ2) is 7.77. The van der Waals surface area contributed by atoms with Gasteiger partial charge in [0.1, 0.15) is 0 Å². The van der Waals surface area contributed by atoms with Gasteiger partial charge >= 0.3 is 0 Å². The molecule has 136 valence electrons. The van der Waals surface area contributed by atoms with Crippen LogP contribution in [0.5, 0.6) is 0 Å². The van der Waals surface area contributed by atoms with Crippen molar-refractivity contribution in [3.05, 3.63) is 89.5 Å². The third kappa shape index (κ3) is 3.64. The van der Waals surface area contributed by atoms with Crippen molar-refractivity contribution in [3.63, 3.8) is 0 Å². The number of nitrogens with zero attached hydrogens (tertiary/aromatic N) is 1. The van der Waals surface area contributed by atoms with E-state index < -0.39 is 0 Å². The van der Waals surface area contributed by atoms with Gasteiger partial charge in [-0.3, -0.25) is 4.79 Å². The predicted molar refractivity (Wildman–Crippen MR) is 110 cm³/mol. The van der Waals surface area contributed by atoms with Gasteiger partial charge in [-0.25, -0.2) is 0 Å². The van der Waals surface area contributed by atoms with Crippen molar-refractivity contribution < 1.29 is 9.53 Å². The van der Waals surface area contributed by atoms with Crippen LogP contribution in [0.25, 0.3) is 11.1 Å². The number of ketones is 1. The molecule has 3 nitrogen and oxygen atoms in total. The van der Waals surface area contributed by atoms with Gasteiger partial charge in [-0.15, -0.1) is 0 Å². The molecule has 0 unspecified atom stereocenters. The van der Waals surface area contributed by atoms with E-state index in [1.807, 2.05) is 54.6 Å². The van der Waals surface area contributed by atoms with E-state index in [9.17, 15) is 4.79 Å². The molecule has 1 fully saturated rings. The second-order valence-electron chi connectivity index (χ2n) is 6.84. The largest absolute Gasteiger partial charge is 0.378 e. The Morgan fingerprint density at radius 2 is 1.52 bits per heavy atom. The van der Waals surface area contributed by atoms with Crippen LogP contribution in [0, 0.1) is 6.92 Å². The molecule has 1 saturated heterocycles. The van der Waals surface area contributed by atoms with Crippen LogP contribution in [-0.4, -0.2) is 32.1 Å². The topological polar surface area (TPSA) is 29.5 Å². The lowest BCUT2D eigenvalue weighted by Crippen LogP contribution is -2.36. The van der Waals surface area contributed by atoms with Gasteiger partial charge in [0, 0.05) is 29.9 Å². The Morgan fingerprint density at radius 3 is 2.19 bits per heavy atom. The normalized spacial score (nSPS) is 14.2. The van der Waals surface area contributed by atoms with Crippen molar-refractivity contribution in [1.82, 2.24) is 0 Å². The lowest BCUT2D eigenvalue weighted by molar-refractivity contribution is 0.103. The molecule has 0 amide bonds. The number of aryl methyl sites for hydroxylation is 1. The molecule has 1 aliphatic rings. The molecule has 3 heteroatoms. The number of ether oxygens (including phenoxy) is 1. The molecule has 0 aliphatic carbocycles. The number of hydrogen-bond donors (Lipinski definition) is 0. The molecule has 0 spiro atoms. The van der Waals surface area contributed by atoms with E-state index in [4.69, 9.17) is 4.74 Å². The maximum atomic E-state index is 13.2. The molecule has 0 radical (unpaired) electrons. The molecular weight excluding hydrogens is 334 g/mol. The summed E-state index contributed by atoms with van der Waals surface area (Å²) < 4.78 is 5.50. The Kier molecular flexibility index (Phi) is 5.03. The smallest absolute Gasteiger partial charge is 0.193 e. The van der Waals surface area contributed by atoms with Crippen molar-refractivity contribution in [2.75, 3.05) is 31.2 Å². The van der Waals surface area contributed by atoms with Crippen LogP contribution in [0.15, 0.2) is 72.8 Å². The van der Waals surface area contributed by atoms with E-state index >= 15 is 0 Å². The summed E-state index contributed by atoms with van der Waals surface area (Å²) in [5, 5.41) is 0. The fourth-order valence-electron chi connectivity index (χ4n) is 3.63. The standard InChI is InChI=1S/C24H23NO2/c1-18-16-22(24(26)20-10-6-3-7-11-20)21(19-8-4-2-5-9-19)17-23(18)25-12-14-27-15-13-25/h2-11,16-17H,12-15H2,1H3. The number of hydrogen-bond acceptors (Lipinski definition) is 3. The SMILES string of the molecule is Cc1cc(C(=O)c2ccccc2)c(-c2ccccc2)cc1N1CCOCC1. The molecule has 27 heavy (non-hydrogen) atoms. The lowest BCUT2D eigenvalue weighted by atomic mass is 9.91. The third-order valence-electron chi connectivity index (χ3n) is 5.05. The molecule has 1 aliphatic heterocycles. The Hall–Kier alpha value is -2.91. The Labute approximate surface area is 160 Å². The molecule has 3 aromatic carbocycles. The van der Waals surface area contributed by atoms with Gasteiger partial charge in [0.2, 0.25) is 0 Å². The molecule has 0 aromatic heterocycles. The highest BCUT2D eigenvalue weighted by Crippen LogP contribution is 2.33. The Morgan fingerprint density at radius 1 is 0.889 bits per heavy atom. The third-order valence-corrected chi connectivity index (χ3v) is 5.05. The lowest BCUT2D eigenvalue weighted by Gasteiger charge is -2.31. The van der Waals surface area contributed by atoms with Crippen molar-refractivity contribution in [1.29, 1.82) is 0 Å². The summed E-state index contributed by atoms with van der Waals surface area (Å²) in [4.78, 5) is 15.6. The maximum absolute atomic E-state index is 13.2. The number of anilines is 1. The minimum absolute atomic E-state index is 0.0612. The first-order valence-corrected chi connectivity index (χ1v) is 9.36. The van der Waals surface area contributed by atoms with Gasteiger partial charge < -0.3 is 9.64 Å². The summed E-state index contributed by atoms with van der Waals surface area (Å²) in [5.41, 5.74) is 5.82. The second-order valence-corrected chi connectivity index (χ2v) is 6.84. The highest BCUT2D eigenvalue weighted by atomic mass is 16.5. The van der Waals surface area contributed by atoms with Crippen LogP contribution in [-0.2, 0) is 4.74 Å². The van der Waals surface area contributed by atoms with Gasteiger partial charge in [-0.2, -0.15) is 0 Å². The van der Waals surface area contributed by atoms with E-state index in [1.165, 1.54) is 5.69 Å². The quantitative estimate of drug-likeness (QED) is 0.632. The molecule has 3 aromatic rings. The van der Waals surface area contributed by atoms with Crippen LogP contribution >= 0.6 is 0 Å². The minimum atomic E-state index is 0.0612. The summed E-state index contributed by atoms with van der Waals surface area (Å²) in [6, 6.07) is 23.9. The predicted octanol–water partition coefficient (Wildman–Crippen LogP) is 4.73. The Bertz CT molecular complexity index is 929. The zero-order valence-electron chi connectivity index (χ0n) is 15.5. The average molecular weight is 357 g/mol. The molecule has 0 bridgehead atoms. The zero-order chi connectivity index (χ0) is 18.6. The van der Waals surface area contributed by atoms with Crippen molar-refractivity contribution in [2.24, 2.45) is 0 Å². The summed E-state index contributed by atoms with van der Waals surface area (Å²) in [6.45, 7) is 5.32. The van der Waals surface area contributed by atoms with E-state index in [1.54, 1.807) is 0 Å². The monoisotopic (exact) mass is 357 g/mol. The van der Waals surface area contributed by atoms with E-state index in [2.05, 4.69) is 30.0 Å². The van der Waals surface area contributed by atoms with E-state index in [0.29, 0.717) is 5.56 Å². The number of rotatable bonds is 4.